The molecule has 4 aromatic rings. The van der Waals surface area contributed by atoms with Crippen LogP contribution in [-0.2, 0) is 5.41 Å². The zero-order chi connectivity index (χ0) is 24.7. The predicted molar refractivity (Wildman–Crippen MR) is 154 cm³/mol. The van der Waals surface area contributed by atoms with Gasteiger partial charge in [0.15, 0.2) is 0 Å². The van der Waals surface area contributed by atoms with Crippen LogP contribution < -0.4 is 4.90 Å². The molecule has 0 aliphatic heterocycles. The molecule has 4 aromatic carbocycles. The molecule has 2 aliphatic rings. The zero-order valence-electron chi connectivity index (χ0n) is 21.5. The number of hydrogen-bond donors (Lipinski definition) is 0. The van der Waals surface area contributed by atoms with Gasteiger partial charge in [-0.2, -0.15) is 0 Å². The maximum Gasteiger partial charge on any atom is 0.0414 e. The Kier molecular flexibility index (Phi) is 5.64. The summed E-state index contributed by atoms with van der Waals surface area (Å²) in [5, 5.41) is 0. The molecule has 1 heteroatoms. The summed E-state index contributed by atoms with van der Waals surface area (Å²) >= 11 is 0. The lowest BCUT2D eigenvalue weighted by atomic mass is 9.69. The first-order valence-corrected chi connectivity index (χ1v) is 13.0. The summed E-state index contributed by atoms with van der Waals surface area (Å²) in [7, 11) is 2.17. The van der Waals surface area contributed by atoms with Gasteiger partial charge in [0.1, 0.15) is 0 Å². The van der Waals surface area contributed by atoms with Gasteiger partial charge < -0.3 is 4.90 Å². The molecule has 0 amide bonds. The number of benzene rings is 4. The number of aryl methyl sites for hydroxylation is 1. The molecule has 1 atom stereocenters. The minimum atomic E-state index is 0.0776. The van der Waals surface area contributed by atoms with Gasteiger partial charge in [-0.3, -0.25) is 0 Å². The average molecular weight is 468 g/mol. The lowest BCUT2D eigenvalue weighted by molar-refractivity contribution is 0.568. The SMILES string of the molecule is Cc1cccc(-c2cccc(-c3cccc(N(C)c4cccc(C5(C)C=C6CCC6=CC5)c4)c3)c2)c1. The van der Waals surface area contributed by atoms with Crippen molar-refractivity contribution in [2.45, 2.75) is 38.5 Å². The van der Waals surface area contributed by atoms with Crippen LogP contribution in [0.3, 0.4) is 0 Å². The molecular weight excluding hydrogens is 434 g/mol. The van der Waals surface area contributed by atoms with Crippen molar-refractivity contribution in [3.63, 3.8) is 0 Å². The van der Waals surface area contributed by atoms with Gasteiger partial charge in [-0.05, 0) is 95.5 Å². The first kappa shape index (κ1) is 22.6. The second-order valence-electron chi connectivity index (χ2n) is 10.6. The molecule has 1 saturated carbocycles. The Morgan fingerprint density at radius 3 is 1.89 bits per heavy atom. The van der Waals surface area contributed by atoms with Crippen molar-refractivity contribution in [3.8, 4) is 22.3 Å². The van der Waals surface area contributed by atoms with Crippen LogP contribution in [0, 0.1) is 6.92 Å². The minimum absolute atomic E-state index is 0.0776. The third kappa shape index (κ3) is 4.20. The Bertz CT molecular complexity index is 1500. The van der Waals surface area contributed by atoms with Crippen LogP contribution in [0.15, 0.2) is 120 Å². The minimum Gasteiger partial charge on any atom is -0.345 e. The molecule has 0 aromatic heterocycles. The molecule has 178 valence electrons. The number of rotatable bonds is 5. The summed E-state index contributed by atoms with van der Waals surface area (Å²) in [4.78, 5) is 2.31. The zero-order valence-corrected chi connectivity index (χ0v) is 21.5. The molecule has 0 bridgehead atoms. The lowest BCUT2D eigenvalue weighted by Crippen LogP contribution is -2.25. The quantitative estimate of drug-likeness (QED) is 0.282. The topological polar surface area (TPSA) is 3.24 Å². The van der Waals surface area contributed by atoms with Crippen LogP contribution in [0.4, 0.5) is 11.4 Å². The fourth-order valence-corrected chi connectivity index (χ4v) is 5.61. The fourth-order valence-electron chi connectivity index (χ4n) is 5.61. The summed E-state index contributed by atoms with van der Waals surface area (Å²) in [6.07, 6.45) is 8.57. The van der Waals surface area contributed by atoms with Gasteiger partial charge in [-0.25, -0.2) is 0 Å². The van der Waals surface area contributed by atoms with Gasteiger partial charge in [-0.1, -0.05) is 91.4 Å². The second-order valence-corrected chi connectivity index (χ2v) is 10.6. The van der Waals surface area contributed by atoms with Gasteiger partial charge in [0, 0.05) is 23.8 Å². The average Bonchev–Trinajstić information content (AvgIpc) is 2.90. The third-order valence-electron chi connectivity index (χ3n) is 8.02. The number of fused-ring (bicyclic) bond motifs is 1. The highest BCUT2D eigenvalue weighted by molar-refractivity contribution is 5.76. The van der Waals surface area contributed by atoms with Crippen LogP contribution >= 0.6 is 0 Å². The molecule has 1 fully saturated rings. The number of nitrogens with zero attached hydrogens (tertiary/aromatic N) is 1. The number of anilines is 2. The second kappa shape index (κ2) is 8.99. The van der Waals surface area contributed by atoms with Crippen LogP contribution in [0.5, 0.6) is 0 Å². The first-order chi connectivity index (χ1) is 17.5. The van der Waals surface area contributed by atoms with Gasteiger partial charge >= 0.3 is 0 Å². The molecule has 0 N–H and O–H groups in total. The molecule has 1 unspecified atom stereocenters. The van der Waals surface area contributed by atoms with Crippen molar-refractivity contribution in [1.29, 1.82) is 0 Å². The van der Waals surface area contributed by atoms with E-state index in [1.165, 1.54) is 57.6 Å². The maximum absolute atomic E-state index is 2.52. The van der Waals surface area contributed by atoms with Crippen LogP contribution in [0.25, 0.3) is 22.3 Å². The van der Waals surface area contributed by atoms with E-state index in [4.69, 9.17) is 0 Å². The van der Waals surface area contributed by atoms with Gasteiger partial charge in [0.2, 0.25) is 0 Å². The smallest absolute Gasteiger partial charge is 0.0414 e. The highest BCUT2D eigenvalue weighted by Gasteiger charge is 2.31. The third-order valence-corrected chi connectivity index (χ3v) is 8.02. The van der Waals surface area contributed by atoms with Gasteiger partial charge in [0.25, 0.3) is 0 Å². The van der Waals surface area contributed by atoms with E-state index in [1.807, 2.05) is 0 Å². The summed E-state index contributed by atoms with van der Waals surface area (Å²) in [6, 6.07) is 35.6. The molecule has 2 aliphatic carbocycles. The Labute approximate surface area is 215 Å². The Balaban J connectivity index is 1.29. The van der Waals surface area contributed by atoms with E-state index in [-0.39, 0.29) is 5.41 Å². The van der Waals surface area contributed by atoms with Crippen LogP contribution in [0.2, 0.25) is 0 Å². The molecule has 36 heavy (non-hydrogen) atoms. The van der Waals surface area contributed by atoms with Gasteiger partial charge in [0.05, 0.1) is 0 Å². The Hall–Kier alpha value is -3.84. The van der Waals surface area contributed by atoms with Crippen molar-refractivity contribution in [3.05, 3.63) is 131 Å². The maximum atomic E-state index is 2.52. The van der Waals surface area contributed by atoms with Crippen molar-refractivity contribution >= 4 is 11.4 Å². The molecule has 0 radical (unpaired) electrons. The normalized spacial score (nSPS) is 18.5. The predicted octanol–water partition coefficient (Wildman–Crippen LogP) is 9.40. The van der Waals surface area contributed by atoms with Crippen molar-refractivity contribution < 1.29 is 0 Å². The van der Waals surface area contributed by atoms with E-state index in [2.05, 4.69) is 135 Å². The number of hydrogen-bond acceptors (Lipinski definition) is 1. The van der Waals surface area contributed by atoms with Crippen molar-refractivity contribution in [2.24, 2.45) is 0 Å². The highest BCUT2D eigenvalue weighted by atomic mass is 15.1. The van der Waals surface area contributed by atoms with E-state index in [1.54, 1.807) is 11.1 Å². The highest BCUT2D eigenvalue weighted by Crippen LogP contribution is 2.45. The fraction of sp³-hybridized carbons (Fsp3) is 0.200. The summed E-state index contributed by atoms with van der Waals surface area (Å²) in [5.41, 5.74) is 13.3. The standard InChI is InChI=1S/C35H33N/c1-25-8-4-9-27(20-25)28-10-5-11-29(21-28)30-12-6-14-33(22-30)36(3)34-15-7-13-32(23-34)35(2)19-18-26-16-17-31(26)24-35/h4-15,18,20-24H,16-17,19H2,1-3H3. The molecule has 6 rings (SSSR count). The van der Waals surface area contributed by atoms with Gasteiger partial charge in [-0.15, -0.1) is 0 Å². The van der Waals surface area contributed by atoms with E-state index in [0.29, 0.717) is 0 Å². The molecular formula is C35H33N. The van der Waals surface area contributed by atoms with Crippen molar-refractivity contribution in [1.82, 2.24) is 0 Å². The first-order valence-electron chi connectivity index (χ1n) is 13.0. The van der Waals surface area contributed by atoms with E-state index < -0.39 is 0 Å². The largest absolute Gasteiger partial charge is 0.345 e. The van der Waals surface area contributed by atoms with E-state index in [0.717, 1.165) is 6.42 Å². The molecule has 1 nitrogen and oxygen atoms in total. The van der Waals surface area contributed by atoms with Crippen LogP contribution in [-0.4, -0.2) is 7.05 Å². The monoisotopic (exact) mass is 467 g/mol. The molecule has 0 heterocycles. The van der Waals surface area contributed by atoms with Crippen LogP contribution in [0.1, 0.15) is 37.3 Å². The lowest BCUT2D eigenvalue weighted by Gasteiger charge is -2.36. The summed E-state index contributed by atoms with van der Waals surface area (Å²) in [6.45, 7) is 4.53. The molecule has 0 saturated heterocycles. The Morgan fingerprint density at radius 1 is 0.639 bits per heavy atom. The van der Waals surface area contributed by atoms with Crippen molar-refractivity contribution in [2.75, 3.05) is 11.9 Å². The number of allylic oxidation sites excluding steroid dienone is 4. The Morgan fingerprint density at radius 2 is 1.22 bits per heavy atom. The summed E-state index contributed by atoms with van der Waals surface area (Å²) in [5.74, 6) is 0. The van der Waals surface area contributed by atoms with E-state index in [9.17, 15) is 0 Å². The molecule has 0 spiro atoms. The summed E-state index contributed by atoms with van der Waals surface area (Å²) < 4.78 is 0. The van der Waals surface area contributed by atoms with E-state index >= 15 is 0 Å².